The molecule has 116 valence electrons. The fourth-order valence-corrected chi connectivity index (χ4v) is 2.48. The summed E-state index contributed by atoms with van der Waals surface area (Å²) in [5.74, 6) is 1.22. The Morgan fingerprint density at radius 1 is 1.38 bits per heavy atom. The lowest BCUT2D eigenvalue weighted by molar-refractivity contribution is -0.135. The normalized spacial score (nSPS) is 16.3. The number of carbonyl (C=O) groups is 1. The molecule has 1 fully saturated rings. The van der Waals surface area contributed by atoms with E-state index in [4.69, 9.17) is 4.74 Å². The lowest BCUT2D eigenvalue weighted by atomic mass is 10.0. The summed E-state index contributed by atoms with van der Waals surface area (Å²) in [5, 5.41) is 9.47. The Hall–Kier alpha value is -1.55. The number of aliphatic hydroxyl groups excluding tert-OH is 1. The largest absolute Gasteiger partial charge is 0.483 e. The van der Waals surface area contributed by atoms with Gasteiger partial charge >= 0.3 is 0 Å². The summed E-state index contributed by atoms with van der Waals surface area (Å²) >= 11 is 0. The van der Waals surface area contributed by atoms with Crippen LogP contribution in [0.5, 0.6) is 5.75 Å². The molecule has 1 aliphatic heterocycles. The minimum Gasteiger partial charge on any atom is -0.483 e. The number of rotatable bonds is 4. The first-order chi connectivity index (χ1) is 9.97. The van der Waals surface area contributed by atoms with Crippen molar-refractivity contribution in [1.82, 2.24) is 4.90 Å². The molecule has 0 aromatic heterocycles. The molecule has 2 rings (SSSR count). The molecule has 1 N–H and O–H groups in total. The number of amides is 1. The fourth-order valence-electron chi connectivity index (χ4n) is 2.48. The van der Waals surface area contributed by atoms with Crippen LogP contribution in [0.1, 0.15) is 43.7 Å². The van der Waals surface area contributed by atoms with Gasteiger partial charge in [-0.05, 0) is 42.9 Å². The van der Waals surface area contributed by atoms with E-state index in [-0.39, 0.29) is 18.6 Å². The van der Waals surface area contributed by atoms with E-state index in [1.54, 1.807) is 4.90 Å². The van der Waals surface area contributed by atoms with Gasteiger partial charge in [0.25, 0.3) is 5.91 Å². The number of nitrogens with zero attached hydrogens (tertiary/aromatic N) is 1. The Morgan fingerprint density at radius 3 is 2.67 bits per heavy atom. The van der Waals surface area contributed by atoms with Crippen LogP contribution in [0.4, 0.5) is 0 Å². The monoisotopic (exact) mass is 291 g/mol. The molecule has 1 heterocycles. The van der Waals surface area contributed by atoms with Gasteiger partial charge in [-0.3, -0.25) is 4.79 Å². The summed E-state index contributed by atoms with van der Waals surface area (Å²) in [5.41, 5.74) is 2.26. The van der Waals surface area contributed by atoms with Crippen LogP contribution in [0.25, 0.3) is 0 Å². The molecule has 0 radical (unpaired) electrons. The first kappa shape index (κ1) is 15.8. The number of hydrogen-bond acceptors (Lipinski definition) is 3. The number of hydrogen-bond donors (Lipinski definition) is 1. The van der Waals surface area contributed by atoms with Crippen LogP contribution in [0.2, 0.25) is 0 Å². The van der Waals surface area contributed by atoms with Crippen molar-refractivity contribution < 1.29 is 14.6 Å². The molecule has 4 heteroatoms. The topological polar surface area (TPSA) is 49.8 Å². The molecule has 0 saturated carbocycles. The van der Waals surface area contributed by atoms with Gasteiger partial charge in [0, 0.05) is 13.1 Å². The highest BCUT2D eigenvalue weighted by Gasteiger charge is 2.21. The molecule has 0 spiro atoms. The Labute approximate surface area is 126 Å². The fraction of sp³-hybridized carbons (Fsp3) is 0.588. The van der Waals surface area contributed by atoms with Crippen LogP contribution in [-0.2, 0) is 4.79 Å². The lowest BCUT2D eigenvalue weighted by Gasteiger charge is -2.29. The zero-order valence-corrected chi connectivity index (χ0v) is 13.1. The van der Waals surface area contributed by atoms with Gasteiger partial charge in [0.2, 0.25) is 0 Å². The molecule has 1 saturated heterocycles. The molecule has 0 aliphatic carbocycles. The van der Waals surface area contributed by atoms with E-state index >= 15 is 0 Å². The molecule has 0 unspecified atom stereocenters. The van der Waals surface area contributed by atoms with Crippen molar-refractivity contribution in [2.45, 2.75) is 45.6 Å². The standard InChI is InChI=1S/C17H25NO3/c1-12(2)14-5-4-13(3)16(10-14)21-11-17(20)18-8-6-15(19)7-9-18/h4-5,10,12,15,19H,6-9,11H2,1-3H3. The van der Waals surface area contributed by atoms with Gasteiger partial charge in [-0.2, -0.15) is 0 Å². The zero-order chi connectivity index (χ0) is 15.4. The third kappa shape index (κ3) is 4.21. The van der Waals surface area contributed by atoms with Crippen molar-refractivity contribution in [1.29, 1.82) is 0 Å². The van der Waals surface area contributed by atoms with Gasteiger partial charge in [-0.15, -0.1) is 0 Å². The van der Waals surface area contributed by atoms with Crippen molar-refractivity contribution >= 4 is 5.91 Å². The summed E-state index contributed by atoms with van der Waals surface area (Å²) in [7, 11) is 0. The highest BCUT2D eigenvalue weighted by Crippen LogP contribution is 2.24. The number of piperidine rings is 1. The Kier molecular flexibility index (Phi) is 5.23. The first-order valence-electron chi connectivity index (χ1n) is 7.66. The van der Waals surface area contributed by atoms with Crippen LogP contribution < -0.4 is 4.74 Å². The molecule has 1 aliphatic rings. The predicted octanol–water partition coefficient (Wildman–Crippen LogP) is 2.48. The average Bonchev–Trinajstić information content (AvgIpc) is 2.46. The second-order valence-corrected chi connectivity index (χ2v) is 6.08. The van der Waals surface area contributed by atoms with Crippen LogP contribution in [0.15, 0.2) is 18.2 Å². The maximum atomic E-state index is 12.1. The number of likely N-dealkylation sites (tertiary alicyclic amines) is 1. The van der Waals surface area contributed by atoms with E-state index in [2.05, 4.69) is 19.9 Å². The maximum absolute atomic E-state index is 12.1. The maximum Gasteiger partial charge on any atom is 0.260 e. The third-order valence-electron chi connectivity index (χ3n) is 4.05. The molecule has 0 bridgehead atoms. The van der Waals surface area contributed by atoms with E-state index < -0.39 is 0 Å². The molecule has 21 heavy (non-hydrogen) atoms. The minimum absolute atomic E-state index is 0.00347. The number of carbonyl (C=O) groups excluding carboxylic acids is 1. The van der Waals surface area contributed by atoms with Crippen LogP contribution >= 0.6 is 0 Å². The van der Waals surface area contributed by atoms with Gasteiger partial charge in [-0.25, -0.2) is 0 Å². The minimum atomic E-state index is -0.264. The number of ether oxygens (including phenoxy) is 1. The number of benzene rings is 1. The second kappa shape index (κ2) is 6.94. The van der Waals surface area contributed by atoms with E-state index in [1.165, 1.54) is 5.56 Å². The highest BCUT2D eigenvalue weighted by molar-refractivity contribution is 5.77. The van der Waals surface area contributed by atoms with Crippen LogP contribution in [0.3, 0.4) is 0 Å². The summed E-state index contributed by atoms with van der Waals surface area (Å²) in [4.78, 5) is 13.9. The highest BCUT2D eigenvalue weighted by atomic mass is 16.5. The van der Waals surface area contributed by atoms with Gasteiger partial charge in [0.05, 0.1) is 6.10 Å². The smallest absolute Gasteiger partial charge is 0.260 e. The zero-order valence-electron chi connectivity index (χ0n) is 13.1. The van der Waals surface area contributed by atoms with Crippen molar-refractivity contribution in [3.05, 3.63) is 29.3 Å². The summed E-state index contributed by atoms with van der Waals surface area (Å²) in [6.07, 6.45) is 1.06. The van der Waals surface area contributed by atoms with Crippen molar-refractivity contribution in [3.8, 4) is 5.75 Å². The molecule has 1 amide bonds. The average molecular weight is 291 g/mol. The quantitative estimate of drug-likeness (QED) is 0.927. The number of aryl methyl sites for hydroxylation is 1. The Balaban J connectivity index is 1.93. The molecule has 0 atom stereocenters. The van der Waals surface area contributed by atoms with Gasteiger partial charge < -0.3 is 14.7 Å². The van der Waals surface area contributed by atoms with Gasteiger partial charge in [0.1, 0.15) is 5.75 Å². The van der Waals surface area contributed by atoms with Gasteiger partial charge in [-0.1, -0.05) is 26.0 Å². The molecular weight excluding hydrogens is 266 g/mol. The van der Waals surface area contributed by atoms with E-state index in [1.807, 2.05) is 19.1 Å². The van der Waals surface area contributed by atoms with E-state index in [0.29, 0.717) is 31.8 Å². The third-order valence-corrected chi connectivity index (χ3v) is 4.05. The SMILES string of the molecule is Cc1ccc(C(C)C)cc1OCC(=O)N1CCC(O)CC1. The second-order valence-electron chi connectivity index (χ2n) is 6.08. The first-order valence-corrected chi connectivity index (χ1v) is 7.66. The van der Waals surface area contributed by atoms with Crippen molar-refractivity contribution in [2.24, 2.45) is 0 Å². The Bertz CT molecular complexity index is 491. The van der Waals surface area contributed by atoms with Gasteiger partial charge in [0.15, 0.2) is 6.61 Å². The summed E-state index contributed by atoms with van der Waals surface area (Å²) < 4.78 is 5.72. The van der Waals surface area contributed by atoms with E-state index in [9.17, 15) is 9.90 Å². The predicted molar refractivity (Wildman–Crippen MR) is 82.6 cm³/mol. The lowest BCUT2D eigenvalue weighted by Crippen LogP contribution is -2.42. The summed E-state index contributed by atoms with van der Waals surface area (Å²) in [6.45, 7) is 7.57. The number of aliphatic hydroxyl groups is 1. The van der Waals surface area contributed by atoms with Crippen molar-refractivity contribution in [3.63, 3.8) is 0 Å². The summed E-state index contributed by atoms with van der Waals surface area (Å²) in [6, 6.07) is 6.15. The molecule has 1 aromatic carbocycles. The van der Waals surface area contributed by atoms with Crippen LogP contribution in [0, 0.1) is 6.92 Å². The van der Waals surface area contributed by atoms with Crippen LogP contribution in [-0.4, -0.2) is 41.7 Å². The molecule has 4 nitrogen and oxygen atoms in total. The Morgan fingerprint density at radius 2 is 2.05 bits per heavy atom. The molecule has 1 aromatic rings. The molecular formula is C17H25NO3. The van der Waals surface area contributed by atoms with E-state index in [0.717, 1.165) is 11.3 Å². The van der Waals surface area contributed by atoms with Crippen molar-refractivity contribution in [2.75, 3.05) is 19.7 Å².